The van der Waals surface area contributed by atoms with Crippen LogP contribution in [0, 0.1) is 0 Å². The highest BCUT2D eigenvalue weighted by Gasteiger charge is 2.51. The van der Waals surface area contributed by atoms with E-state index in [0.29, 0.717) is 5.92 Å². The van der Waals surface area contributed by atoms with Gasteiger partial charge < -0.3 is 0 Å². The molecule has 1 aromatic carbocycles. The predicted octanol–water partition coefficient (Wildman–Crippen LogP) is 2.97. The fourth-order valence-corrected chi connectivity index (χ4v) is 3.07. The number of aryl methyl sites for hydroxylation is 1. The molecule has 0 bridgehead atoms. The zero-order valence-electron chi connectivity index (χ0n) is 9.28. The molecule has 16 heavy (non-hydrogen) atoms. The Morgan fingerprint density at radius 3 is 2.88 bits per heavy atom. The lowest BCUT2D eigenvalue weighted by molar-refractivity contribution is 0.447. The fourth-order valence-electron chi connectivity index (χ4n) is 3.07. The third-order valence-electron chi connectivity index (χ3n) is 4.05. The van der Waals surface area contributed by atoms with Crippen LogP contribution in [0.25, 0.3) is 0 Å². The second kappa shape index (κ2) is 3.57. The lowest BCUT2D eigenvalue weighted by Crippen LogP contribution is -2.22. The SMILES string of the molecule is O=C=NC1(C2CCCc3ccccc32)CC1. The third-order valence-corrected chi connectivity index (χ3v) is 4.05. The number of rotatable bonds is 2. The predicted molar refractivity (Wildman–Crippen MR) is 62.2 cm³/mol. The van der Waals surface area contributed by atoms with Crippen molar-refractivity contribution in [2.24, 2.45) is 4.99 Å². The standard InChI is InChI=1S/C14H15NO/c16-10-15-14(8-9-14)13-7-3-5-11-4-1-2-6-12(11)13/h1-2,4,6,13H,3,5,7-9H2. The molecular formula is C14H15NO. The van der Waals surface area contributed by atoms with Crippen molar-refractivity contribution < 1.29 is 4.79 Å². The van der Waals surface area contributed by atoms with Crippen LogP contribution in [-0.4, -0.2) is 11.6 Å². The van der Waals surface area contributed by atoms with Gasteiger partial charge in [-0.15, -0.1) is 0 Å². The van der Waals surface area contributed by atoms with E-state index in [1.54, 1.807) is 6.08 Å². The van der Waals surface area contributed by atoms with Crippen LogP contribution in [0.2, 0.25) is 0 Å². The summed E-state index contributed by atoms with van der Waals surface area (Å²) < 4.78 is 0. The maximum absolute atomic E-state index is 10.5. The summed E-state index contributed by atoms with van der Waals surface area (Å²) in [4.78, 5) is 14.6. The minimum absolute atomic E-state index is 0.0850. The summed E-state index contributed by atoms with van der Waals surface area (Å²) in [5.41, 5.74) is 2.79. The average molecular weight is 213 g/mol. The molecule has 1 saturated carbocycles. The van der Waals surface area contributed by atoms with E-state index in [1.165, 1.54) is 30.4 Å². The van der Waals surface area contributed by atoms with Crippen LogP contribution in [0.1, 0.15) is 42.7 Å². The summed E-state index contributed by atoms with van der Waals surface area (Å²) in [6, 6.07) is 8.61. The van der Waals surface area contributed by atoms with Gasteiger partial charge in [0.25, 0.3) is 0 Å². The molecule has 0 aliphatic heterocycles. The molecule has 0 spiro atoms. The van der Waals surface area contributed by atoms with Gasteiger partial charge in [-0.2, -0.15) is 4.99 Å². The van der Waals surface area contributed by atoms with Crippen molar-refractivity contribution in [1.29, 1.82) is 0 Å². The highest BCUT2D eigenvalue weighted by Crippen LogP contribution is 2.54. The second-order valence-corrected chi connectivity index (χ2v) is 4.95. The molecule has 2 nitrogen and oxygen atoms in total. The van der Waals surface area contributed by atoms with E-state index in [-0.39, 0.29) is 5.54 Å². The average Bonchev–Trinajstić information content (AvgIpc) is 3.10. The topological polar surface area (TPSA) is 29.4 Å². The molecule has 2 heteroatoms. The number of carbonyl (C=O) groups excluding carboxylic acids is 1. The summed E-state index contributed by atoms with van der Waals surface area (Å²) >= 11 is 0. The molecule has 1 fully saturated rings. The van der Waals surface area contributed by atoms with E-state index in [2.05, 4.69) is 29.3 Å². The number of hydrogen-bond acceptors (Lipinski definition) is 2. The van der Waals surface area contributed by atoms with Gasteiger partial charge in [-0.25, -0.2) is 4.79 Å². The normalized spacial score (nSPS) is 25.4. The van der Waals surface area contributed by atoms with E-state index in [1.807, 2.05) is 0 Å². The molecule has 0 saturated heterocycles. The van der Waals surface area contributed by atoms with Crippen molar-refractivity contribution in [3.63, 3.8) is 0 Å². The van der Waals surface area contributed by atoms with Crippen LogP contribution in [0.3, 0.4) is 0 Å². The van der Waals surface area contributed by atoms with Gasteiger partial charge in [-0.1, -0.05) is 24.3 Å². The molecule has 0 aromatic heterocycles. The second-order valence-electron chi connectivity index (χ2n) is 4.95. The van der Waals surface area contributed by atoms with Gasteiger partial charge in [-0.05, 0) is 43.2 Å². The fraction of sp³-hybridized carbons (Fsp3) is 0.500. The Hall–Kier alpha value is -1.40. The summed E-state index contributed by atoms with van der Waals surface area (Å²) in [6.45, 7) is 0. The number of benzene rings is 1. The maximum atomic E-state index is 10.5. The molecule has 2 aliphatic rings. The van der Waals surface area contributed by atoms with Crippen LogP contribution in [-0.2, 0) is 11.2 Å². The molecule has 1 aromatic rings. The lowest BCUT2D eigenvalue weighted by Gasteiger charge is -2.29. The quantitative estimate of drug-likeness (QED) is 0.548. The van der Waals surface area contributed by atoms with Crippen molar-refractivity contribution in [2.75, 3.05) is 0 Å². The Bertz CT molecular complexity index is 456. The highest BCUT2D eigenvalue weighted by molar-refractivity contribution is 5.42. The number of isocyanates is 1. The molecule has 1 unspecified atom stereocenters. The van der Waals surface area contributed by atoms with E-state index in [0.717, 1.165) is 12.8 Å². The first-order valence-electron chi connectivity index (χ1n) is 6.02. The monoisotopic (exact) mass is 213 g/mol. The first-order valence-corrected chi connectivity index (χ1v) is 6.02. The van der Waals surface area contributed by atoms with Gasteiger partial charge >= 0.3 is 0 Å². The van der Waals surface area contributed by atoms with Crippen molar-refractivity contribution in [3.8, 4) is 0 Å². The van der Waals surface area contributed by atoms with Crippen molar-refractivity contribution in [1.82, 2.24) is 0 Å². The van der Waals surface area contributed by atoms with E-state index < -0.39 is 0 Å². The summed E-state index contributed by atoms with van der Waals surface area (Å²) in [7, 11) is 0. The molecule has 0 N–H and O–H groups in total. The van der Waals surface area contributed by atoms with E-state index in [4.69, 9.17) is 0 Å². The number of nitrogens with zero attached hydrogens (tertiary/aromatic N) is 1. The van der Waals surface area contributed by atoms with Gasteiger partial charge in [0.15, 0.2) is 0 Å². The number of fused-ring (bicyclic) bond motifs is 1. The van der Waals surface area contributed by atoms with Gasteiger partial charge in [0, 0.05) is 5.92 Å². The molecule has 1 atom stereocenters. The molecule has 0 amide bonds. The highest BCUT2D eigenvalue weighted by atomic mass is 16.1. The molecule has 2 aliphatic carbocycles. The van der Waals surface area contributed by atoms with Gasteiger partial charge in [0.2, 0.25) is 6.08 Å². The third kappa shape index (κ3) is 1.42. The minimum atomic E-state index is -0.0850. The summed E-state index contributed by atoms with van der Waals surface area (Å²) in [5, 5.41) is 0. The number of hydrogen-bond donors (Lipinski definition) is 0. The lowest BCUT2D eigenvalue weighted by atomic mass is 9.77. The van der Waals surface area contributed by atoms with Crippen molar-refractivity contribution in [3.05, 3.63) is 35.4 Å². The largest absolute Gasteiger partial charge is 0.235 e. The summed E-state index contributed by atoms with van der Waals surface area (Å²) in [6.07, 6.45) is 7.45. The Labute approximate surface area is 95.4 Å². The Kier molecular flexibility index (Phi) is 2.19. The molecule has 0 radical (unpaired) electrons. The van der Waals surface area contributed by atoms with Crippen LogP contribution < -0.4 is 0 Å². The van der Waals surface area contributed by atoms with Crippen molar-refractivity contribution >= 4 is 6.08 Å². The van der Waals surface area contributed by atoms with Crippen LogP contribution >= 0.6 is 0 Å². The molecule has 0 heterocycles. The van der Waals surface area contributed by atoms with Crippen LogP contribution in [0.5, 0.6) is 0 Å². The molecule has 82 valence electrons. The maximum Gasteiger partial charge on any atom is 0.235 e. The van der Waals surface area contributed by atoms with Crippen LogP contribution in [0.15, 0.2) is 29.3 Å². The van der Waals surface area contributed by atoms with Gasteiger partial charge in [-0.3, -0.25) is 0 Å². The first-order chi connectivity index (χ1) is 7.86. The number of aliphatic imine (C=N–C) groups is 1. The molecular weight excluding hydrogens is 198 g/mol. The minimum Gasteiger partial charge on any atom is -0.211 e. The van der Waals surface area contributed by atoms with Crippen LogP contribution in [0.4, 0.5) is 0 Å². The Morgan fingerprint density at radius 1 is 1.31 bits per heavy atom. The Balaban J connectivity index is 2.02. The van der Waals surface area contributed by atoms with E-state index >= 15 is 0 Å². The van der Waals surface area contributed by atoms with E-state index in [9.17, 15) is 4.79 Å². The van der Waals surface area contributed by atoms with Gasteiger partial charge in [0.1, 0.15) is 0 Å². The Morgan fingerprint density at radius 2 is 2.12 bits per heavy atom. The van der Waals surface area contributed by atoms with Crippen molar-refractivity contribution in [2.45, 2.75) is 43.6 Å². The molecule has 3 rings (SSSR count). The smallest absolute Gasteiger partial charge is 0.211 e. The zero-order chi connectivity index (χ0) is 11.0. The zero-order valence-corrected chi connectivity index (χ0v) is 9.28. The van der Waals surface area contributed by atoms with Gasteiger partial charge in [0.05, 0.1) is 5.54 Å². The summed E-state index contributed by atoms with van der Waals surface area (Å²) in [5.74, 6) is 0.457. The first kappa shape index (κ1) is 9.80.